The van der Waals surface area contributed by atoms with Crippen molar-refractivity contribution >= 4 is 21.6 Å². The molecule has 0 aromatic heterocycles. The number of hydrogen-bond donors (Lipinski definition) is 1. The average molecular weight is 333 g/mol. The molecule has 1 atom stereocenters. The van der Waals surface area contributed by atoms with E-state index in [1.807, 2.05) is 0 Å². The molecular weight excluding hydrogens is 312 g/mol. The van der Waals surface area contributed by atoms with E-state index in [-0.39, 0.29) is 15.8 Å². The Morgan fingerprint density at radius 1 is 1.48 bits per heavy atom. The van der Waals surface area contributed by atoms with Crippen LogP contribution in [-0.4, -0.2) is 39.5 Å². The molecule has 2 N–H and O–H groups in total. The van der Waals surface area contributed by atoms with Crippen LogP contribution in [-0.2, 0) is 21.3 Å². The molecule has 1 aliphatic heterocycles. The third kappa shape index (κ3) is 3.76. The van der Waals surface area contributed by atoms with Gasteiger partial charge in [-0.05, 0) is 36.5 Å². The van der Waals surface area contributed by atoms with Crippen molar-refractivity contribution in [3.8, 4) is 0 Å². The second-order valence-corrected chi connectivity index (χ2v) is 7.61. The Morgan fingerprint density at radius 2 is 2.24 bits per heavy atom. The molecule has 0 aliphatic carbocycles. The highest BCUT2D eigenvalue weighted by molar-refractivity contribution is 7.89. The molecule has 2 rings (SSSR count). The summed E-state index contributed by atoms with van der Waals surface area (Å²) in [7, 11) is -1.93. The van der Waals surface area contributed by atoms with Crippen LogP contribution in [0.3, 0.4) is 0 Å². The lowest BCUT2D eigenvalue weighted by Gasteiger charge is -2.31. The van der Waals surface area contributed by atoms with Crippen LogP contribution in [0, 0.1) is 5.92 Å². The molecule has 1 heterocycles. The van der Waals surface area contributed by atoms with Gasteiger partial charge in [0.15, 0.2) is 0 Å². The highest BCUT2D eigenvalue weighted by atomic mass is 35.5. The first-order chi connectivity index (χ1) is 9.98. The van der Waals surface area contributed by atoms with Crippen molar-refractivity contribution < 1.29 is 13.2 Å². The van der Waals surface area contributed by atoms with Crippen molar-refractivity contribution in [1.29, 1.82) is 0 Å². The standard InChI is InChI=1S/C14H21ClN2O3S/c1-20-10-12-3-2-6-17(9-12)21(18,19)14-5-4-11(8-16)7-13(14)15/h4-5,7,12H,2-3,6,8-10,16H2,1H3. The molecule has 1 aromatic carbocycles. The van der Waals surface area contributed by atoms with E-state index in [1.165, 1.54) is 4.31 Å². The number of benzene rings is 1. The summed E-state index contributed by atoms with van der Waals surface area (Å²) in [5.41, 5.74) is 6.35. The van der Waals surface area contributed by atoms with E-state index >= 15 is 0 Å². The Balaban J connectivity index is 2.25. The first kappa shape index (κ1) is 16.7. The van der Waals surface area contributed by atoms with Crippen LogP contribution in [0.2, 0.25) is 5.02 Å². The second kappa shape index (κ2) is 7.07. The van der Waals surface area contributed by atoms with Gasteiger partial charge in [0.1, 0.15) is 4.90 Å². The van der Waals surface area contributed by atoms with Crippen LogP contribution >= 0.6 is 11.6 Å². The molecule has 1 fully saturated rings. The third-order valence-electron chi connectivity index (χ3n) is 3.73. The van der Waals surface area contributed by atoms with Crippen LogP contribution < -0.4 is 5.73 Å². The average Bonchev–Trinajstić information content (AvgIpc) is 2.47. The van der Waals surface area contributed by atoms with E-state index in [4.69, 9.17) is 22.1 Å². The summed E-state index contributed by atoms with van der Waals surface area (Å²) >= 11 is 6.12. The fraction of sp³-hybridized carbons (Fsp3) is 0.571. The third-order valence-corrected chi connectivity index (χ3v) is 6.08. The first-order valence-corrected chi connectivity index (χ1v) is 8.78. The van der Waals surface area contributed by atoms with E-state index in [9.17, 15) is 8.42 Å². The number of ether oxygens (including phenoxy) is 1. The van der Waals surface area contributed by atoms with Crippen LogP contribution in [0.15, 0.2) is 23.1 Å². The number of piperidine rings is 1. The Kier molecular flexibility index (Phi) is 5.62. The summed E-state index contributed by atoms with van der Waals surface area (Å²) in [5, 5.41) is 0.229. The number of nitrogens with two attached hydrogens (primary N) is 1. The van der Waals surface area contributed by atoms with Crippen molar-refractivity contribution in [2.45, 2.75) is 24.3 Å². The van der Waals surface area contributed by atoms with Crippen LogP contribution in [0.1, 0.15) is 18.4 Å². The zero-order valence-corrected chi connectivity index (χ0v) is 13.7. The summed E-state index contributed by atoms with van der Waals surface area (Å²) in [6.45, 7) is 1.91. The molecule has 0 saturated carbocycles. The van der Waals surface area contributed by atoms with Gasteiger partial charge >= 0.3 is 0 Å². The van der Waals surface area contributed by atoms with E-state index in [0.717, 1.165) is 18.4 Å². The minimum Gasteiger partial charge on any atom is -0.384 e. The summed E-state index contributed by atoms with van der Waals surface area (Å²) in [6, 6.07) is 4.86. The van der Waals surface area contributed by atoms with Gasteiger partial charge < -0.3 is 10.5 Å². The van der Waals surface area contributed by atoms with Crippen molar-refractivity contribution in [1.82, 2.24) is 4.31 Å². The SMILES string of the molecule is COCC1CCCN(S(=O)(=O)c2ccc(CN)cc2Cl)C1. The number of nitrogens with zero attached hydrogens (tertiary/aromatic N) is 1. The van der Waals surface area contributed by atoms with Gasteiger partial charge in [0.25, 0.3) is 0 Å². The number of rotatable bonds is 5. The maximum absolute atomic E-state index is 12.7. The van der Waals surface area contributed by atoms with Gasteiger partial charge in [-0.1, -0.05) is 17.7 Å². The predicted molar refractivity (Wildman–Crippen MR) is 82.7 cm³/mol. The predicted octanol–water partition coefficient (Wildman–Crippen LogP) is 1.85. The van der Waals surface area contributed by atoms with Gasteiger partial charge in [0, 0.05) is 26.7 Å². The van der Waals surface area contributed by atoms with Crippen LogP contribution in [0.4, 0.5) is 0 Å². The van der Waals surface area contributed by atoms with Crippen molar-refractivity contribution in [3.63, 3.8) is 0 Å². The highest BCUT2D eigenvalue weighted by Gasteiger charge is 2.31. The smallest absolute Gasteiger partial charge is 0.244 e. The molecule has 1 aromatic rings. The number of hydrogen-bond acceptors (Lipinski definition) is 4. The summed E-state index contributed by atoms with van der Waals surface area (Å²) in [5.74, 6) is 0.237. The largest absolute Gasteiger partial charge is 0.384 e. The molecule has 1 unspecified atom stereocenters. The minimum atomic E-state index is -3.56. The number of methoxy groups -OCH3 is 1. The molecule has 1 saturated heterocycles. The first-order valence-electron chi connectivity index (χ1n) is 6.96. The van der Waals surface area contributed by atoms with Gasteiger partial charge in [0.05, 0.1) is 11.6 Å². The molecule has 0 amide bonds. The lowest BCUT2D eigenvalue weighted by molar-refractivity contribution is 0.118. The quantitative estimate of drug-likeness (QED) is 0.893. The lowest BCUT2D eigenvalue weighted by Crippen LogP contribution is -2.41. The molecule has 0 spiro atoms. The topological polar surface area (TPSA) is 72.6 Å². The summed E-state index contributed by atoms with van der Waals surface area (Å²) in [6.07, 6.45) is 1.82. The highest BCUT2D eigenvalue weighted by Crippen LogP contribution is 2.29. The maximum Gasteiger partial charge on any atom is 0.244 e. The Hall–Kier alpha value is -0.660. The van der Waals surface area contributed by atoms with Crippen molar-refractivity contribution in [2.24, 2.45) is 11.7 Å². The van der Waals surface area contributed by atoms with Gasteiger partial charge in [0.2, 0.25) is 10.0 Å². The maximum atomic E-state index is 12.7. The molecule has 5 nitrogen and oxygen atoms in total. The van der Waals surface area contributed by atoms with Gasteiger partial charge in [-0.3, -0.25) is 0 Å². The molecule has 0 bridgehead atoms. The van der Waals surface area contributed by atoms with Crippen molar-refractivity contribution in [2.75, 3.05) is 26.8 Å². The molecule has 118 valence electrons. The monoisotopic (exact) mass is 332 g/mol. The summed E-state index contributed by atoms with van der Waals surface area (Å²) < 4.78 is 32.1. The summed E-state index contributed by atoms with van der Waals surface area (Å²) in [4.78, 5) is 0.152. The minimum absolute atomic E-state index is 0.152. The van der Waals surface area contributed by atoms with Crippen LogP contribution in [0.25, 0.3) is 0 Å². The molecular formula is C14H21ClN2O3S. The molecule has 1 aliphatic rings. The number of halogens is 1. The normalized spacial score (nSPS) is 20.6. The fourth-order valence-corrected chi connectivity index (χ4v) is 4.73. The van der Waals surface area contributed by atoms with Gasteiger partial charge in [-0.15, -0.1) is 0 Å². The Labute approximate surface area is 131 Å². The molecule has 0 radical (unpaired) electrons. The Morgan fingerprint density at radius 3 is 2.86 bits per heavy atom. The lowest BCUT2D eigenvalue weighted by atomic mass is 10.0. The fourth-order valence-electron chi connectivity index (χ4n) is 2.64. The van der Waals surface area contributed by atoms with E-state index in [1.54, 1.807) is 25.3 Å². The van der Waals surface area contributed by atoms with E-state index in [2.05, 4.69) is 0 Å². The van der Waals surface area contributed by atoms with Crippen molar-refractivity contribution in [3.05, 3.63) is 28.8 Å². The van der Waals surface area contributed by atoms with Crippen LogP contribution in [0.5, 0.6) is 0 Å². The molecule has 7 heteroatoms. The van der Waals surface area contributed by atoms with E-state index in [0.29, 0.717) is 26.2 Å². The number of sulfonamides is 1. The van der Waals surface area contributed by atoms with Gasteiger partial charge in [-0.25, -0.2) is 8.42 Å². The zero-order valence-electron chi connectivity index (χ0n) is 12.1. The second-order valence-electron chi connectivity index (χ2n) is 5.30. The van der Waals surface area contributed by atoms with Gasteiger partial charge in [-0.2, -0.15) is 4.31 Å². The molecule has 21 heavy (non-hydrogen) atoms. The zero-order chi connectivity index (χ0) is 15.5. The van der Waals surface area contributed by atoms with E-state index < -0.39 is 10.0 Å². The Bertz CT molecular complexity index is 590.